The Bertz CT molecular complexity index is 752. The van der Waals surface area contributed by atoms with Crippen LogP contribution in [-0.4, -0.2) is 9.78 Å². The Hall–Kier alpha value is -2.01. The fraction of sp³-hybridized carbons (Fsp3) is 0.0714. The number of hydrogen-bond donors (Lipinski definition) is 1. The lowest BCUT2D eigenvalue weighted by Gasteiger charge is -2.05. The van der Waals surface area contributed by atoms with Crippen LogP contribution in [0.5, 0.6) is 11.6 Å². The van der Waals surface area contributed by atoms with Crippen molar-refractivity contribution in [1.29, 1.82) is 0 Å². The van der Waals surface area contributed by atoms with Crippen LogP contribution >= 0.6 is 15.9 Å². The molecule has 0 fully saturated rings. The van der Waals surface area contributed by atoms with Gasteiger partial charge in [0, 0.05) is 11.5 Å². The molecule has 2 aromatic carbocycles. The SMILES string of the molecule is Cn1cc(N)c(Oc2ccc3cc(Br)ccc3c2)n1. The summed E-state index contributed by atoms with van der Waals surface area (Å²) < 4.78 is 8.39. The van der Waals surface area contributed by atoms with Crippen LogP contribution in [0.3, 0.4) is 0 Å². The van der Waals surface area contributed by atoms with E-state index in [1.54, 1.807) is 17.9 Å². The quantitative estimate of drug-likeness (QED) is 0.784. The minimum Gasteiger partial charge on any atom is -0.436 e. The first-order chi connectivity index (χ1) is 9.11. The average Bonchev–Trinajstić information content (AvgIpc) is 2.68. The van der Waals surface area contributed by atoms with Crippen molar-refractivity contribution in [1.82, 2.24) is 9.78 Å². The Kier molecular flexibility index (Phi) is 2.91. The van der Waals surface area contributed by atoms with Crippen molar-refractivity contribution in [2.24, 2.45) is 7.05 Å². The molecule has 0 aliphatic heterocycles. The number of nitrogens with zero attached hydrogens (tertiary/aromatic N) is 2. The molecular formula is C14H12BrN3O. The Morgan fingerprint density at radius 1 is 1.16 bits per heavy atom. The second kappa shape index (κ2) is 4.59. The van der Waals surface area contributed by atoms with E-state index < -0.39 is 0 Å². The number of fused-ring (bicyclic) bond motifs is 1. The summed E-state index contributed by atoms with van der Waals surface area (Å²) in [4.78, 5) is 0. The predicted molar refractivity (Wildman–Crippen MR) is 79.3 cm³/mol. The van der Waals surface area contributed by atoms with Gasteiger partial charge in [0.15, 0.2) is 0 Å². The van der Waals surface area contributed by atoms with Crippen molar-refractivity contribution in [3.63, 3.8) is 0 Å². The first-order valence-electron chi connectivity index (χ1n) is 5.78. The van der Waals surface area contributed by atoms with Crippen LogP contribution in [0.4, 0.5) is 5.69 Å². The normalized spacial score (nSPS) is 10.8. The fourth-order valence-electron chi connectivity index (χ4n) is 1.94. The van der Waals surface area contributed by atoms with Crippen LogP contribution in [0.1, 0.15) is 0 Å². The number of benzene rings is 2. The molecule has 1 aromatic heterocycles. The van der Waals surface area contributed by atoms with E-state index in [2.05, 4.69) is 27.1 Å². The van der Waals surface area contributed by atoms with Crippen LogP contribution in [-0.2, 0) is 7.05 Å². The Balaban J connectivity index is 1.97. The predicted octanol–water partition coefficient (Wildman–Crippen LogP) is 3.71. The van der Waals surface area contributed by atoms with Crippen molar-refractivity contribution in [3.8, 4) is 11.6 Å². The van der Waals surface area contributed by atoms with Crippen LogP contribution in [0, 0.1) is 0 Å². The lowest BCUT2D eigenvalue weighted by molar-refractivity contribution is 0.456. The summed E-state index contributed by atoms with van der Waals surface area (Å²) in [6.07, 6.45) is 1.72. The number of hydrogen-bond acceptors (Lipinski definition) is 3. The summed E-state index contributed by atoms with van der Waals surface area (Å²) in [5, 5.41) is 6.42. The smallest absolute Gasteiger partial charge is 0.261 e. The molecule has 0 bridgehead atoms. The maximum Gasteiger partial charge on any atom is 0.261 e. The van der Waals surface area contributed by atoms with E-state index in [9.17, 15) is 0 Å². The van der Waals surface area contributed by atoms with Gasteiger partial charge in [0.1, 0.15) is 11.4 Å². The fourth-order valence-corrected chi connectivity index (χ4v) is 2.31. The average molecular weight is 318 g/mol. The van der Waals surface area contributed by atoms with Crippen molar-refractivity contribution in [2.75, 3.05) is 5.73 Å². The standard InChI is InChI=1S/C14H12BrN3O/c1-18-8-13(16)14(17-18)19-12-5-3-9-6-11(15)4-2-10(9)7-12/h2-8H,16H2,1H3. The summed E-state index contributed by atoms with van der Waals surface area (Å²) >= 11 is 3.46. The van der Waals surface area contributed by atoms with Crippen LogP contribution < -0.4 is 10.5 Å². The van der Waals surface area contributed by atoms with Crippen LogP contribution in [0.15, 0.2) is 47.1 Å². The number of halogens is 1. The highest BCUT2D eigenvalue weighted by Crippen LogP contribution is 2.29. The second-order valence-corrected chi connectivity index (χ2v) is 5.23. The summed E-state index contributed by atoms with van der Waals surface area (Å²) in [5.41, 5.74) is 6.33. The van der Waals surface area contributed by atoms with Crippen molar-refractivity contribution in [2.45, 2.75) is 0 Å². The number of aryl methyl sites for hydroxylation is 1. The van der Waals surface area contributed by atoms with Crippen molar-refractivity contribution in [3.05, 3.63) is 47.1 Å². The monoisotopic (exact) mass is 317 g/mol. The van der Waals surface area contributed by atoms with Gasteiger partial charge in [-0.2, -0.15) is 0 Å². The van der Waals surface area contributed by atoms with Gasteiger partial charge < -0.3 is 10.5 Å². The van der Waals surface area contributed by atoms with Gasteiger partial charge in [0.25, 0.3) is 5.88 Å². The number of anilines is 1. The van der Waals surface area contributed by atoms with E-state index in [-0.39, 0.29) is 0 Å². The number of ether oxygens (including phenoxy) is 1. The Morgan fingerprint density at radius 3 is 2.63 bits per heavy atom. The lowest BCUT2D eigenvalue weighted by Crippen LogP contribution is -1.91. The second-order valence-electron chi connectivity index (χ2n) is 4.32. The van der Waals surface area contributed by atoms with Gasteiger partial charge in [-0.1, -0.05) is 28.1 Å². The highest BCUT2D eigenvalue weighted by Gasteiger charge is 2.07. The Morgan fingerprint density at radius 2 is 1.89 bits per heavy atom. The molecule has 19 heavy (non-hydrogen) atoms. The van der Waals surface area contributed by atoms with E-state index in [1.807, 2.05) is 30.3 Å². The molecule has 0 atom stereocenters. The highest BCUT2D eigenvalue weighted by atomic mass is 79.9. The number of nitrogens with two attached hydrogens (primary N) is 1. The maximum absolute atomic E-state index is 5.81. The molecule has 2 N–H and O–H groups in total. The Labute approximate surface area is 118 Å². The third-order valence-electron chi connectivity index (χ3n) is 2.81. The summed E-state index contributed by atoms with van der Waals surface area (Å²) in [6.45, 7) is 0. The van der Waals surface area contributed by atoms with E-state index in [1.165, 1.54) is 0 Å². The molecule has 3 aromatic rings. The molecule has 0 saturated heterocycles. The highest BCUT2D eigenvalue weighted by molar-refractivity contribution is 9.10. The molecule has 0 amide bonds. The molecule has 3 rings (SSSR count). The van der Waals surface area contributed by atoms with Crippen molar-refractivity contribution >= 4 is 32.4 Å². The molecule has 4 nitrogen and oxygen atoms in total. The molecule has 1 heterocycles. The zero-order chi connectivity index (χ0) is 13.4. The summed E-state index contributed by atoms with van der Waals surface area (Å²) in [5.74, 6) is 1.15. The minimum absolute atomic E-state index is 0.430. The minimum atomic E-state index is 0.430. The van der Waals surface area contributed by atoms with Gasteiger partial charge in [0.05, 0.1) is 6.20 Å². The molecule has 0 saturated carbocycles. The van der Waals surface area contributed by atoms with Gasteiger partial charge in [-0.3, -0.25) is 4.68 Å². The van der Waals surface area contributed by atoms with E-state index >= 15 is 0 Å². The van der Waals surface area contributed by atoms with Crippen molar-refractivity contribution < 1.29 is 4.74 Å². The van der Waals surface area contributed by atoms with Gasteiger partial charge in [0.2, 0.25) is 0 Å². The van der Waals surface area contributed by atoms with E-state index in [4.69, 9.17) is 10.5 Å². The molecule has 0 radical (unpaired) electrons. The topological polar surface area (TPSA) is 53.1 Å². The van der Waals surface area contributed by atoms with Gasteiger partial charge in [-0.15, -0.1) is 5.10 Å². The third kappa shape index (κ3) is 2.42. The molecule has 0 aliphatic rings. The molecular weight excluding hydrogens is 306 g/mol. The molecule has 0 unspecified atom stereocenters. The largest absolute Gasteiger partial charge is 0.436 e. The number of aromatic nitrogens is 2. The summed E-state index contributed by atoms with van der Waals surface area (Å²) in [6, 6.07) is 12.0. The molecule has 96 valence electrons. The first-order valence-corrected chi connectivity index (χ1v) is 6.57. The third-order valence-corrected chi connectivity index (χ3v) is 3.30. The molecule has 5 heteroatoms. The van der Waals surface area contributed by atoms with E-state index in [0.29, 0.717) is 11.6 Å². The van der Waals surface area contributed by atoms with Gasteiger partial charge in [-0.05, 0) is 35.0 Å². The lowest BCUT2D eigenvalue weighted by atomic mass is 10.1. The zero-order valence-electron chi connectivity index (χ0n) is 10.3. The maximum atomic E-state index is 5.81. The number of nitrogen functional groups attached to an aromatic ring is 1. The molecule has 0 aliphatic carbocycles. The number of rotatable bonds is 2. The van der Waals surface area contributed by atoms with Crippen LogP contribution in [0.2, 0.25) is 0 Å². The van der Waals surface area contributed by atoms with E-state index in [0.717, 1.165) is 21.0 Å². The summed E-state index contributed by atoms with van der Waals surface area (Å²) in [7, 11) is 1.81. The molecule has 0 spiro atoms. The van der Waals surface area contributed by atoms with Crippen LogP contribution in [0.25, 0.3) is 10.8 Å². The first kappa shape index (κ1) is 12.0. The van der Waals surface area contributed by atoms with Gasteiger partial charge >= 0.3 is 0 Å². The van der Waals surface area contributed by atoms with Gasteiger partial charge in [-0.25, -0.2) is 0 Å². The zero-order valence-corrected chi connectivity index (χ0v) is 11.9.